The van der Waals surface area contributed by atoms with E-state index in [1.807, 2.05) is 0 Å². The SMILES string of the molecule is Cn1c(-n2c3ccccc3c3ccc4c(c5ccccc5n4C4C=CC=CC4)c32)nc2nc(-c3ccccc3)c(-n3c4ccccc4c4ccc5c(c6ccccc6n5-c5ccccc5)c43)nc21. The van der Waals surface area contributed by atoms with Crippen molar-refractivity contribution < 1.29 is 0 Å². The molecule has 0 saturated heterocycles. The average molecular weight is 873 g/mol. The first-order valence-corrected chi connectivity index (χ1v) is 23.3. The second kappa shape index (κ2) is 14.0. The third kappa shape index (κ3) is 5.00. The quantitative estimate of drug-likeness (QED) is 0.173. The van der Waals surface area contributed by atoms with Gasteiger partial charge in [-0.2, -0.15) is 4.98 Å². The second-order valence-electron chi connectivity index (χ2n) is 18.0. The largest absolute Gasteiger partial charge is 0.333 e. The van der Waals surface area contributed by atoms with Crippen LogP contribution >= 0.6 is 0 Å². The maximum absolute atomic E-state index is 5.78. The zero-order chi connectivity index (χ0) is 44.6. The molecule has 0 amide bonds. The van der Waals surface area contributed by atoms with E-state index in [0.717, 1.165) is 84.4 Å². The molecular formula is C60H40N8. The molecule has 1 unspecified atom stereocenters. The highest BCUT2D eigenvalue weighted by Crippen LogP contribution is 2.45. The highest BCUT2D eigenvalue weighted by atomic mass is 15.3. The van der Waals surface area contributed by atoms with Crippen molar-refractivity contribution in [2.75, 3.05) is 0 Å². The molecule has 0 saturated carbocycles. The van der Waals surface area contributed by atoms with Crippen molar-refractivity contribution in [1.82, 2.24) is 37.8 Å². The molecular weight excluding hydrogens is 833 g/mol. The summed E-state index contributed by atoms with van der Waals surface area (Å²) >= 11 is 0. The van der Waals surface area contributed by atoms with Crippen molar-refractivity contribution in [3.8, 4) is 28.7 Å². The monoisotopic (exact) mass is 872 g/mol. The van der Waals surface area contributed by atoms with Crippen LogP contribution in [0.15, 0.2) is 206 Å². The summed E-state index contributed by atoms with van der Waals surface area (Å²) in [5.74, 6) is 1.50. The van der Waals surface area contributed by atoms with Crippen molar-refractivity contribution in [2.24, 2.45) is 7.05 Å². The third-order valence-electron chi connectivity index (χ3n) is 14.4. The summed E-state index contributed by atoms with van der Waals surface area (Å²) in [7, 11) is 2.09. The van der Waals surface area contributed by atoms with Gasteiger partial charge in [-0.3, -0.25) is 13.7 Å². The Balaban J connectivity index is 1.07. The number of nitrogens with zero attached hydrogens (tertiary/aromatic N) is 8. The van der Waals surface area contributed by atoms with Gasteiger partial charge in [0, 0.05) is 66.9 Å². The lowest BCUT2D eigenvalue weighted by Crippen LogP contribution is -2.07. The normalized spacial score (nSPS) is 14.2. The highest BCUT2D eigenvalue weighted by Gasteiger charge is 2.28. The Morgan fingerprint density at radius 3 is 1.69 bits per heavy atom. The molecule has 8 nitrogen and oxygen atoms in total. The van der Waals surface area contributed by atoms with Gasteiger partial charge in [0.1, 0.15) is 5.69 Å². The van der Waals surface area contributed by atoms with Crippen LogP contribution in [0.3, 0.4) is 0 Å². The number of allylic oxidation sites excluding steroid dienone is 4. The summed E-state index contributed by atoms with van der Waals surface area (Å²) in [6.07, 6.45) is 9.84. The minimum Gasteiger partial charge on any atom is -0.333 e. The molecule has 1 atom stereocenters. The van der Waals surface area contributed by atoms with Gasteiger partial charge in [-0.1, -0.05) is 158 Å². The summed E-state index contributed by atoms with van der Waals surface area (Å²) in [6.45, 7) is 0. The standard InChI is InChI=1S/C60H40N8/c1-64-59-57(62-60(64)68-47-30-16-12-26-41(47)43-34-36-51-53(56(43)68)45-28-14-18-32-49(45)66(51)39-23-9-4-10-24-39)61-54(37-19-5-2-6-20-37)58(63-59)67-46-29-15-11-25-40(46)42-33-35-50-52(55(42)67)44-27-13-17-31-48(44)65(50)38-21-7-3-8-22-38/h2-23,25-36,39H,24H2,1H3. The summed E-state index contributed by atoms with van der Waals surface area (Å²) in [5, 5.41) is 9.42. The fourth-order valence-corrected chi connectivity index (χ4v) is 11.6. The first kappa shape index (κ1) is 37.2. The molecule has 320 valence electrons. The summed E-state index contributed by atoms with van der Waals surface area (Å²) < 4.78 is 11.8. The van der Waals surface area contributed by atoms with E-state index in [1.165, 1.54) is 38.0 Å². The molecule has 6 aromatic heterocycles. The predicted octanol–water partition coefficient (Wildman–Crippen LogP) is 14.5. The molecule has 0 radical (unpaired) electrons. The van der Waals surface area contributed by atoms with E-state index in [-0.39, 0.29) is 6.04 Å². The number of para-hydroxylation sites is 5. The van der Waals surface area contributed by atoms with Crippen LogP contribution in [0.25, 0.3) is 127 Å². The minimum absolute atomic E-state index is 0.202. The number of benzene rings is 8. The maximum Gasteiger partial charge on any atom is 0.218 e. The number of aryl methyl sites for hydroxylation is 1. The number of imidazole rings is 1. The number of aromatic nitrogens is 8. The summed E-state index contributed by atoms with van der Waals surface area (Å²) in [6, 6.07) is 65.5. The molecule has 0 N–H and O–H groups in total. The predicted molar refractivity (Wildman–Crippen MR) is 280 cm³/mol. The van der Waals surface area contributed by atoms with Crippen molar-refractivity contribution in [1.29, 1.82) is 0 Å². The lowest BCUT2D eigenvalue weighted by atomic mass is 10.1. The van der Waals surface area contributed by atoms with Crippen LogP contribution in [0.1, 0.15) is 12.5 Å². The van der Waals surface area contributed by atoms with Crippen LogP contribution in [-0.2, 0) is 7.05 Å². The van der Waals surface area contributed by atoms with Gasteiger partial charge in [0.15, 0.2) is 17.1 Å². The van der Waals surface area contributed by atoms with E-state index in [4.69, 9.17) is 15.0 Å². The number of hydrogen-bond donors (Lipinski definition) is 0. The van der Waals surface area contributed by atoms with E-state index >= 15 is 0 Å². The van der Waals surface area contributed by atoms with E-state index in [1.54, 1.807) is 0 Å². The van der Waals surface area contributed by atoms with Gasteiger partial charge >= 0.3 is 0 Å². The molecule has 0 bridgehead atoms. The van der Waals surface area contributed by atoms with Crippen LogP contribution in [0.4, 0.5) is 0 Å². The van der Waals surface area contributed by atoms with Gasteiger partial charge in [-0.05, 0) is 55.0 Å². The van der Waals surface area contributed by atoms with E-state index in [9.17, 15) is 0 Å². The number of rotatable bonds is 5. The first-order valence-electron chi connectivity index (χ1n) is 23.3. The number of hydrogen-bond acceptors (Lipinski definition) is 3. The van der Waals surface area contributed by atoms with E-state index < -0.39 is 0 Å². The average Bonchev–Trinajstić information content (AvgIpc) is 4.19. The Hall–Kier alpha value is -9.01. The van der Waals surface area contributed by atoms with Gasteiger partial charge in [0.05, 0.1) is 44.7 Å². The lowest BCUT2D eigenvalue weighted by molar-refractivity contribution is 0.648. The molecule has 1 aliphatic rings. The summed E-state index contributed by atoms with van der Waals surface area (Å²) in [4.78, 5) is 16.9. The maximum atomic E-state index is 5.78. The Kier molecular flexibility index (Phi) is 7.67. The Bertz CT molecular complexity index is 4480. The van der Waals surface area contributed by atoms with Crippen LogP contribution in [-0.4, -0.2) is 37.8 Å². The van der Waals surface area contributed by atoms with E-state index in [0.29, 0.717) is 11.3 Å². The molecule has 0 spiro atoms. The van der Waals surface area contributed by atoms with Crippen LogP contribution in [0.5, 0.6) is 0 Å². The molecule has 68 heavy (non-hydrogen) atoms. The fraction of sp³-hybridized carbons (Fsp3) is 0.0500. The Morgan fingerprint density at radius 1 is 0.441 bits per heavy atom. The Labute approximate surface area is 389 Å². The van der Waals surface area contributed by atoms with Crippen molar-refractivity contribution >= 4 is 98.5 Å². The van der Waals surface area contributed by atoms with Gasteiger partial charge < -0.3 is 9.13 Å². The van der Waals surface area contributed by atoms with Gasteiger partial charge in [-0.15, -0.1) is 0 Å². The van der Waals surface area contributed by atoms with Crippen LogP contribution in [0, 0.1) is 0 Å². The van der Waals surface area contributed by atoms with Crippen molar-refractivity contribution in [3.63, 3.8) is 0 Å². The van der Waals surface area contributed by atoms with Gasteiger partial charge in [0.2, 0.25) is 5.95 Å². The second-order valence-corrected chi connectivity index (χ2v) is 18.0. The van der Waals surface area contributed by atoms with E-state index in [2.05, 4.69) is 236 Å². The molecule has 8 heteroatoms. The van der Waals surface area contributed by atoms with Crippen molar-refractivity contribution in [3.05, 3.63) is 206 Å². The van der Waals surface area contributed by atoms with Crippen LogP contribution < -0.4 is 0 Å². The van der Waals surface area contributed by atoms with Crippen LogP contribution in [0.2, 0.25) is 0 Å². The third-order valence-corrected chi connectivity index (χ3v) is 14.4. The topological polar surface area (TPSA) is 63.3 Å². The lowest BCUT2D eigenvalue weighted by Gasteiger charge is -2.18. The zero-order valence-corrected chi connectivity index (χ0v) is 37.0. The Morgan fingerprint density at radius 2 is 1.00 bits per heavy atom. The number of fused-ring (bicyclic) bond motifs is 15. The minimum atomic E-state index is 0.202. The zero-order valence-electron chi connectivity index (χ0n) is 37.0. The molecule has 14 aromatic rings. The molecule has 0 fully saturated rings. The highest BCUT2D eigenvalue weighted by molar-refractivity contribution is 6.27. The van der Waals surface area contributed by atoms with Gasteiger partial charge in [-0.25, -0.2) is 9.97 Å². The first-order chi connectivity index (χ1) is 33.7. The molecule has 15 rings (SSSR count). The molecule has 6 heterocycles. The fourth-order valence-electron chi connectivity index (χ4n) is 11.6. The summed E-state index contributed by atoms with van der Waals surface area (Å²) in [5.41, 5.74) is 13.2. The molecule has 8 aromatic carbocycles. The van der Waals surface area contributed by atoms with Gasteiger partial charge in [0.25, 0.3) is 0 Å². The molecule has 1 aliphatic carbocycles. The smallest absolute Gasteiger partial charge is 0.218 e. The van der Waals surface area contributed by atoms with Crippen molar-refractivity contribution in [2.45, 2.75) is 12.5 Å². The molecule has 0 aliphatic heterocycles.